The molecule has 1 aromatic carbocycles. The first-order chi connectivity index (χ1) is 14.4. The molecule has 3 heterocycles. The van der Waals surface area contributed by atoms with Crippen LogP contribution in [0.25, 0.3) is 10.6 Å². The van der Waals surface area contributed by atoms with E-state index in [9.17, 15) is 9.18 Å². The van der Waals surface area contributed by atoms with Crippen LogP contribution in [-0.4, -0.2) is 35.0 Å². The summed E-state index contributed by atoms with van der Waals surface area (Å²) in [6.45, 7) is 1.56. The second-order valence-electron chi connectivity index (χ2n) is 7.05. The number of benzene rings is 1. The van der Waals surface area contributed by atoms with Gasteiger partial charge in [-0.3, -0.25) is 9.78 Å². The highest BCUT2D eigenvalue weighted by molar-refractivity contribution is 9.10. The number of anilines is 3. The normalized spacial score (nSPS) is 16.5. The van der Waals surface area contributed by atoms with Crippen molar-refractivity contribution in [2.75, 3.05) is 29.0 Å². The van der Waals surface area contributed by atoms with E-state index in [1.807, 2.05) is 6.07 Å². The summed E-state index contributed by atoms with van der Waals surface area (Å²) in [5.41, 5.74) is 13.9. The maximum Gasteiger partial charge on any atom is 0.277 e. The van der Waals surface area contributed by atoms with Crippen LogP contribution < -0.4 is 21.7 Å². The zero-order valence-corrected chi connectivity index (χ0v) is 18.3. The van der Waals surface area contributed by atoms with E-state index in [1.54, 1.807) is 24.5 Å². The van der Waals surface area contributed by atoms with Crippen molar-refractivity contribution in [3.63, 3.8) is 0 Å². The molecule has 10 heteroatoms. The average molecular weight is 491 g/mol. The van der Waals surface area contributed by atoms with Crippen LogP contribution in [0.4, 0.5) is 20.8 Å². The fourth-order valence-electron chi connectivity index (χ4n) is 3.44. The molecule has 0 aliphatic carbocycles. The molecule has 0 bridgehead atoms. The van der Waals surface area contributed by atoms with E-state index in [0.29, 0.717) is 21.7 Å². The monoisotopic (exact) mass is 490 g/mol. The second-order valence-corrected chi connectivity index (χ2v) is 9.00. The quantitative estimate of drug-likeness (QED) is 0.511. The molecule has 1 amide bonds. The lowest BCUT2D eigenvalue weighted by molar-refractivity contribution is 0.102. The number of rotatable bonds is 4. The van der Waals surface area contributed by atoms with Crippen LogP contribution in [0, 0.1) is 5.82 Å². The van der Waals surface area contributed by atoms with Gasteiger partial charge >= 0.3 is 0 Å². The molecule has 1 fully saturated rings. The molecule has 1 unspecified atom stereocenters. The molecule has 1 aliphatic rings. The molecule has 1 aliphatic heterocycles. The third kappa shape index (κ3) is 4.30. The van der Waals surface area contributed by atoms with Crippen LogP contribution in [0.2, 0.25) is 0 Å². The van der Waals surface area contributed by atoms with Crippen molar-refractivity contribution >= 4 is 49.5 Å². The van der Waals surface area contributed by atoms with E-state index in [0.717, 1.165) is 36.4 Å². The molecule has 5 N–H and O–H groups in total. The first-order valence-electron chi connectivity index (χ1n) is 9.40. The summed E-state index contributed by atoms with van der Waals surface area (Å²) in [4.78, 5) is 23.5. The highest BCUT2D eigenvalue weighted by atomic mass is 79.9. The lowest BCUT2D eigenvalue weighted by atomic mass is 10.1. The molecule has 0 spiro atoms. The number of nitrogens with zero attached hydrogens (tertiary/aromatic N) is 3. The number of nitrogen functional groups attached to an aromatic ring is 1. The van der Waals surface area contributed by atoms with Crippen molar-refractivity contribution < 1.29 is 9.18 Å². The van der Waals surface area contributed by atoms with Gasteiger partial charge in [-0.2, -0.15) is 0 Å². The lowest BCUT2D eigenvalue weighted by Crippen LogP contribution is -2.43. The van der Waals surface area contributed by atoms with Crippen molar-refractivity contribution in [1.29, 1.82) is 0 Å². The number of thiazole rings is 1. The van der Waals surface area contributed by atoms with Gasteiger partial charge in [0.05, 0.1) is 17.6 Å². The summed E-state index contributed by atoms with van der Waals surface area (Å²) in [5, 5.41) is 3.40. The van der Waals surface area contributed by atoms with Gasteiger partial charge in [-0.05, 0) is 37.1 Å². The van der Waals surface area contributed by atoms with E-state index in [2.05, 4.69) is 36.1 Å². The zero-order valence-electron chi connectivity index (χ0n) is 15.9. The highest BCUT2D eigenvalue weighted by Gasteiger charge is 2.23. The molecular weight excluding hydrogens is 471 g/mol. The fraction of sp³-hybridized carbons (Fsp3) is 0.250. The molecule has 7 nitrogen and oxygen atoms in total. The number of hydrogen-bond acceptors (Lipinski definition) is 7. The summed E-state index contributed by atoms with van der Waals surface area (Å²) >= 11 is 4.39. The number of nitrogens with one attached hydrogen (secondary N) is 1. The topological polar surface area (TPSA) is 110 Å². The summed E-state index contributed by atoms with van der Waals surface area (Å²) in [7, 11) is 0. The van der Waals surface area contributed by atoms with Gasteiger partial charge in [-0.15, -0.1) is 0 Å². The number of nitrogens with two attached hydrogens (primary N) is 2. The Balaban J connectivity index is 1.60. The molecule has 0 radical (unpaired) electrons. The number of aromatic nitrogens is 2. The minimum Gasteiger partial charge on any atom is -0.389 e. The van der Waals surface area contributed by atoms with Gasteiger partial charge in [0, 0.05) is 35.4 Å². The Hall–Kier alpha value is -2.56. The van der Waals surface area contributed by atoms with E-state index in [1.165, 1.54) is 6.07 Å². The van der Waals surface area contributed by atoms with Crippen molar-refractivity contribution in [3.05, 3.63) is 52.6 Å². The van der Waals surface area contributed by atoms with Crippen LogP contribution in [0.3, 0.4) is 0 Å². The van der Waals surface area contributed by atoms with Crippen molar-refractivity contribution in [2.45, 2.75) is 18.9 Å². The number of halogens is 2. The third-order valence-electron chi connectivity index (χ3n) is 4.87. The predicted molar refractivity (Wildman–Crippen MR) is 121 cm³/mol. The summed E-state index contributed by atoms with van der Waals surface area (Å²) in [6, 6.07) is 6.48. The van der Waals surface area contributed by atoms with Crippen molar-refractivity contribution in [2.24, 2.45) is 5.73 Å². The first-order valence-corrected chi connectivity index (χ1v) is 11.0. The number of carbonyl (C=O) groups excluding carboxylic acids is 1. The fourth-order valence-corrected chi connectivity index (χ4v) is 4.65. The lowest BCUT2D eigenvalue weighted by Gasteiger charge is -2.33. The minimum atomic E-state index is -0.471. The number of piperidine rings is 1. The molecule has 4 rings (SSSR count). The summed E-state index contributed by atoms with van der Waals surface area (Å²) < 4.78 is 14.9. The van der Waals surface area contributed by atoms with Crippen LogP contribution in [0.1, 0.15) is 23.3 Å². The average Bonchev–Trinajstić information content (AvgIpc) is 3.12. The van der Waals surface area contributed by atoms with Gasteiger partial charge < -0.3 is 21.7 Å². The molecule has 1 saturated heterocycles. The maximum atomic E-state index is 14.2. The zero-order chi connectivity index (χ0) is 21.3. The number of carbonyl (C=O) groups is 1. The van der Waals surface area contributed by atoms with Gasteiger partial charge in [0.2, 0.25) is 0 Å². The van der Waals surface area contributed by atoms with Crippen molar-refractivity contribution in [1.82, 2.24) is 9.97 Å². The maximum absolute atomic E-state index is 14.2. The van der Waals surface area contributed by atoms with E-state index in [-0.39, 0.29) is 22.3 Å². The van der Waals surface area contributed by atoms with Gasteiger partial charge in [0.25, 0.3) is 5.91 Å². The Labute approximate surface area is 185 Å². The van der Waals surface area contributed by atoms with Gasteiger partial charge in [-0.25, -0.2) is 9.37 Å². The number of amides is 1. The van der Waals surface area contributed by atoms with E-state index >= 15 is 0 Å². The Morgan fingerprint density at radius 1 is 1.37 bits per heavy atom. The molecule has 2 aromatic heterocycles. The molecular formula is C20H20BrFN6OS. The third-order valence-corrected chi connectivity index (χ3v) is 6.28. The molecule has 156 valence electrons. The molecule has 30 heavy (non-hydrogen) atoms. The molecule has 0 saturated carbocycles. The van der Waals surface area contributed by atoms with Crippen LogP contribution in [0.5, 0.6) is 0 Å². The van der Waals surface area contributed by atoms with Crippen LogP contribution in [0.15, 0.2) is 41.1 Å². The van der Waals surface area contributed by atoms with Crippen molar-refractivity contribution in [3.8, 4) is 10.6 Å². The minimum absolute atomic E-state index is 0.0551. The summed E-state index contributed by atoms with van der Waals surface area (Å²) in [6.07, 6.45) is 5.23. The first kappa shape index (κ1) is 20.7. The van der Waals surface area contributed by atoms with Crippen LogP contribution in [-0.2, 0) is 0 Å². The molecule has 3 aromatic rings. The Kier molecular flexibility index (Phi) is 5.98. The standard InChI is InChI=1S/C20H20BrFN6OS/c21-11-3-4-14(22)13(8-11)20-27-17(18(24)30-20)19(29)26-15-9-25-6-5-16(15)28-7-1-2-12(23)10-28/h3-6,8-9,12H,1-2,7,10,23-24H2,(H,26,29). The predicted octanol–water partition coefficient (Wildman–Crippen LogP) is 3.87. The Bertz CT molecular complexity index is 1090. The SMILES string of the molecule is Nc1sc(-c2cc(Br)ccc2F)nc1C(=O)Nc1cnccc1N1CCCC(N)C1. The second kappa shape index (κ2) is 8.66. The largest absolute Gasteiger partial charge is 0.389 e. The Morgan fingerprint density at radius 2 is 2.20 bits per heavy atom. The highest BCUT2D eigenvalue weighted by Crippen LogP contribution is 2.34. The van der Waals surface area contributed by atoms with Gasteiger partial charge in [-0.1, -0.05) is 27.3 Å². The van der Waals surface area contributed by atoms with Gasteiger partial charge in [0.1, 0.15) is 15.8 Å². The van der Waals surface area contributed by atoms with E-state index < -0.39 is 11.7 Å². The number of hydrogen-bond donors (Lipinski definition) is 3. The summed E-state index contributed by atoms with van der Waals surface area (Å²) in [5.74, 6) is -0.907. The van der Waals surface area contributed by atoms with Gasteiger partial charge in [0.15, 0.2) is 5.69 Å². The van der Waals surface area contributed by atoms with Crippen LogP contribution >= 0.6 is 27.3 Å². The smallest absolute Gasteiger partial charge is 0.277 e. The Morgan fingerprint density at radius 3 is 3.00 bits per heavy atom. The number of pyridine rings is 1. The van der Waals surface area contributed by atoms with E-state index in [4.69, 9.17) is 11.5 Å². The molecule has 1 atom stereocenters.